The summed E-state index contributed by atoms with van der Waals surface area (Å²) in [5.74, 6) is -1.55. The number of rotatable bonds is 5. The summed E-state index contributed by atoms with van der Waals surface area (Å²) in [5, 5.41) is 0. The quantitative estimate of drug-likeness (QED) is 0.847. The van der Waals surface area contributed by atoms with Crippen LogP contribution in [0.2, 0.25) is 0 Å². The fourth-order valence-electron chi connectivity index (χ4n) is 2.35. The summed E-state index contributed by atoms with van der Waals surface area (Å²) in [7, 11) is 1.68. The molecule has 0 bridgehead atoms. The Morgan fingerprint density at radius 1 is 1.26 bits per heavy atom. The molecule has 0 spiro atoms. The average Bonchev–Trinajstić information content (AvgIpc) is 2.49. The highest BCUT2D eigenvalue weighted by atomic mass is 19.1. The topological polar surface area (TPSA) is 33.2 Å². The van der Waals surface area contributed by atoms with E-state index in [0.717, 1.165) is 23.4 Å². The number of hydrogen-bond acceptors (Lipinski definition) is 2. The fraction of sp³-hybridized carbons (Fsp3) is 0.333. The van der Waals surface area contributed by atoms with Crippen molar-refractivity contribution in [1.29, 1.82) is 0 Å². The molecule has 1 amide bonds. The van der Waals surface area contributed by atoms with Gasteiger partial charge in [-0.15, -0.1) is 0 Å². The molecule has 0 aliphatic heterocycles. The average molecular weight is 318 g/mol. The largest absolute Gasteiger partial charge is 0.342 e. The van der Waals surface area contributed by atoms with E-state index < -0.39 is 11.6 Å². The number of nitrogens with zero attached hydrogens (tertiary/aromatic N) is 2. The first-order valence-electron chi connectivity index (χ1n) is 7.48. The maximum atomic E-state index is 13.6. The van der Waals surface area contributed by atoms with Crippen molar-refractivity contribution in [3.05, 3.63) is 65.0 Å². The van der Waals surface area contributed by atoms with Crippen LogP contribution in [0.15, 0.2) is 36.5 Å². The number of likely N-dealkylation sites (N-methyl/N-ethyl adjacent to an activating group) is 1. The Morgan fingerprint density at radius 3 is 2.65 bits per heavy atom. The van der Waals surface area contributed by atoms with E-state index in [1.54, 1.807) is 18.1 Å². The van der Waals surface area contributed by atoms with Crippen molar-refractivity contribution in [3.63, 3.8) is 0 Å². The van der Waals surface area contributed by atoms with E-state index in [4.69, 9.17) is 0 Å². The minimum absolute atomic E-state index is 0.0692. The van der Waals surface area contributed by atoms with Crippen LogP contribution in [0.25, 0.3) is 0 Å². The second kappa shape index (κ2) is 7.31. The van der Waals surface area contributed by atoms with Gasteiger partial charge in [0.2, 0.25) is 5.91 Å². The Balaban J connectivity index is 2.01. The van der Waals surface area contributed by atoms with E-state index in [1.807, 2.05) is 26.0 Å². The first kappa shape index (κ1) is 17.1. The summed E-state index contributed by atoms with van der Waals surface area (Å²) in [5.41, 5.74) is 2.22. The lowest BCUT2D eigenvalue weighted by molar-refractivity contribution is -0.130. The van der Waals surface area contributed by atoms with Crippen LogP contribution in [0, 0.1) is 18.6 Å². The van der Waals surface area contributed by atoms with Gasteiger partial charge in [-0.05, 0) is 43.2 Å². The van der Waals surface area contributed by atoms with Gasteiger partial charge in [-0.25, -0.2) is 8.78 Å². The summed E-state index contributed by atoms with van der Waals surface area (Å²) in [6, 6.07) is 7.09. The Hall–Kier alpha value is -2.30. The highest BCUT2D eigenvalue weighted by Crippen LogP contribution is 2.13. The third kappa shape index (κ3) is 4.58. The summed E-state index contributed by atoms with van der Waals surface area (Å²) < 4.78 is 26.6. The van der Waals surface area contributed by atoms with Crippen LogP contribution < -0.4 is 0 Å². The van der Waals surface area contributed by atoms with Crippen LogP contribution >= 0.6 is 0 Å². The molecule has 1 atom stereocenters. The van der Waals surface area contributed by atoms with E-state index in [-0.39, 0.29) is 23.9 Å². The summed E-state index contributed by atoms with van der Waals surface area (Å²) >= 11 is 0. The monoisotopic (exact) mass is 318 g/mol. The molecule has 0 fully saturated rings. The van der Waals surface area contributed by atoms with Gasteiger partial charge < -0.3 is 4.90 Å². The van der Waals surface area contributed by atoms with E-state index in [9.17, 15) is 13.6 Å². The Labute approximate surface area is 135 Å². The van der Waals surface area contributed by atoms with E-state index in [1.165, 1.54) is 6.07 Å². The zero-order valence-corrected chi connectivity index (χ0v) is 13.5. The van der Waals surface area contributed by atoms with Crippen LogP contribution in [-0.2, 0) is 17.6 Å². The molecule has 0 aliphatic rings. The standard InChI is InChI=1S/C18H20F2N2O/c1-12-6-7-21-16(8-12)9-13(2)22(3)18(23)10-14-4-5-15(19)11-17(14)20/h4-8,11,13H,9-10H2,1-3H3. The molecule has 1 heterocycles. The Morgan fingerprint density at radius 2 is 2.00 bits per heavy atom. The molecular weight excluding hydrogens is 298 g/mol. The van der Waals surface area contributed by atoms with Crippen molar-refractivity contribution >= 4 is 5.91 Å². The summed E-state index contributed by atoms with van der Waals surface area (Å²) in [4.78, 5) is 18.2. The highest BCUT2D eigenvalue weighted by Gasteiger charge is 2.18. The van der Waals surface area contributed by atoms with E-state index >= 15 is 0 Å². The molecule has 1 aromatic heterocycles. The number of aromatic nitrogens is 1. The lowest BCUT2D eigenvalue weighted by Gasteiger charge is -2.25. The third-order valence-electron chi connectivity index (χ3n) is 3.89. The van der Waals surface area contributed by atoms with Crippen LogP contribution in [0.1, 0.15) is 23.7 Å². The molecule has 2 rings (SSSR count). The van der Waals surface area contributed by atoms with Gasteiger partial charge in [0, 0.05) is 37.5 Å². The fourth-order valence-corrected chi connectivity index (χ4v) is 2.35. The minimum Gasteiger partial charge on any atom is -0.342 e. The zero-order chi connectivity index (χ0) is 17.0. The van der Waals surface area contributed by atoms with Crippen molar-refractivity contribution in [2.75, 3.05) is 7.05 Å². The predicted octanol–water partition coefficient (Wildman–Crippen LogP) is 3.30. The first-order chi connectivity index (χ1) is 10.9. The van der Waals surface area contributed by atoms with Crippen molar-refractivity contribution < 1.29 is 13.6 Å². The SMILES string of the molecule is Cc1ccnc(CC(C)N(C)C(=O)Cc2ccc(F)cc2F)c1. The molecule has 122 valence electrons. The van der Waals surface area contributed by atoms with Crippen LogP contribution in [0.3, 0.4) is 0 Å². The molecule has 0 aliphatic carbocycles. The number of carbonyl (C=O) groups is 1. The third-order valence-corrected chi connectivity index (χ3v) is 3.89. The minimum atomic E-state index is -0.695. The lowest BCUT2D eigenvalue weighted by atomic mass is 10.1. The molecule has 3 nitrogen and oxygen atoms in total. The molecule has 0 saturated heterocycles. The molecule has 5 heteroatoms. The molecule has 1 unspecified atom stereocenters. The molecule has 2 aromatic rings. The van der Waals surface area contributed by atoms with Gasteiger partial charge in [-0.3, -0.25) is 9.78 Å². The maximum Gasteiger partial charge on any atom is 0.227 e. The van der Waals surface area contributed by atoms with Gasteiger partial charge in [0.1, 0.15) is 11.6 Å². The number of benzene rings is 1. The van der Waals surface area contributed by atoms with Crippen LogP contribution in [0.5, 0.6) is 0 Å². The second-order valence-corrected chi connectivity index (χ2v) is 5.79. The Bertz CT molecular complexity index is 703. The summed E-state index contributed by atoms with van der Waals surface area (Å²) in [6.45, 7) is 3.91. The number of hydrogen-bond donors (Lipinski definition) is 0. The van der Waals surface area contributed by atoms with Crippen LogP contribution in [-0.4, -0.2) is 28.9 Å². The normalized spacial score (nSPS) is 12.0. The van der Waals surface area contributed by atoms with Gasteiger partial charge in [0.05, 0.1) is 6.42 Å². The second-order valence-electron chi connectivity index (χ2n) is 5.79. The van der Waals surface area contributed by atoms with Gasteiger partial charge in [0.25, 0.3) is 0 Å². The lowest BCUT2D eigenvalue weighted by Crippen LogP contribution is -2.37. The molecule has 0 N–H and O–H groups in total. The van der Waals surface area contributed by atoms with Crippen LogP contribution in [0.4, 0.5) is 8.78 Å². The molecule has 0 radical (unpaired) electrons. The maximum absolute atomic E-state index is 13.6. The van der Waals surface area contributed by atoms with E-state index in [2.05, 4.69) is 4.98 Å². The first-order valence-corrected chi connectivity index (χ1v) is 7.48. The zero-order valence-electron chi connectivity index (χ0n) is 13.5. The highest BCUT2D eigenvalue weighted by molar-refractivity contribution is 5.78. The van der Waals surface area contributed by atoms with Crippen molar-refractivity contribution in [2.45, 2.75) is 32.7 Å². The number of halogens is 2. The smallest absolute Gasteiger partial charge is 0.227 e. The number of amides is 1. The molecule has 0 saturated carbocycles. The molecule has 1 aromatic carbocycles. The van der Waals surface area contributed by atoms with Gasteiger partial charge in [-0.1, -0.05) is 6.07 Å². The number of carbonyl (C=O) groups excluding carboxylic acids is 1. The van der Waals surface area contributed by atoms with E-state index in [0.29, 0.717) is 6.42 Å². The van der Waals surface area contributed by atoms with Crippen molar-refractivity contribution in [3.8, 4) is 0 Å². The number of pyridine rings is 1. The number of aryl methyl sites for hydroxylation is 1. The Kier molecular flexibility index (Phi) is 5.42. The predicted molar refractivity (Wildman–Crippen MR) is 85.0 cm³/mol. The van der Waals surface area contributed by atoms with Gasteiger partial charge in [-0.2, -0.15) is 0 Å². The molecule has 23 heavy (non-hydrogen) atoms. The summed E-state index contributed by atoms with van der Waals surface area (Å²) in [6.07, 6.45) is 2.27. The molecular formula is C18H20F2N2O. The van der Waals surface area contributed by atoms with Gasteiger partial charge in [0.15, 0.2) is 0 Å². The van der Waals surface area contributed by atoms with Crippen molar-refractivity contribution in [1.82, 2.24) is 9.88 Å². The van der Waals surface area contributed by atoms with Gasteiger partial charge >= 0.3 is 0 Å². The van der Waals surface area contributed by atoms with Crippen molar-refractivity contribution in [2.24, 2.45) is 0 Å².